The summed E-state index contributed by atoms with van der Waals surface area (Å²) in [5.74, 6) is 1.57. The first-order valence-electron chi connectivity index (χ1n) is 9.20. The molecule has 0 radical (unpaired) electrons. The van der Waals surface area contributed by atoms with E-state index >= 15 is 0 Å². The number of fused-ring (bicyclic) bond motifs is 1. The molecule has 28 heavy (non-hydrogen) atoms. The molecule has 1 aromatic heterocycles. The summed E-state index contributed by atoms with van der Waals surface area (Å²) in [6.07, 6.45) is 1.77. The standard InChI is InChI=1S/C24H21N3O/c1-18-15-24(26-23-10-6-5-9-22(18)23)27-25-16-19-11-13-21(14-12-19)28-17-20-7-3-2-4-8-20/h2-16H,17H2,1H3,(H,26,27)/b25-16-. The highest BCUT2D eigenvalue weighted by atomic mass is 16.5. The molecule has 0 aliphatic carbocycles. The number of nitrogens with zero attached hydrogens (tertiary/aromatic N) is 2. The van der Waals surface area contributed by atoms with Crippen molar-refractivity contribution in [3.8, 4) is 5.75 Å². The van der Waals surface area contributed by atoms with Crippen LogP contribution in [0.25, 0.3) is 10.9 Å². The summed E-state index contributed by atoms with van der Waals surface area (Å²) >= 11 is 0. The Kier molecular flexibility index (Phi) is 5.29. The van der Waals surface area contributed by atoms with Crippen LogP contribution in [0.15, 0.2) is 90.0 Å². The highest BCUT2D eigenvalue weighted by Crippen LogP contribution is 2.19. The molecule has 0 aliphatic heterocycles. The van der Waals surface area contributed by atoms with Gasteiger partial charge in [0.25, 0.3) is 0 Å². The topological polar surface area (TPSA) is 46.5 Å². The second-order valence-electron chi connectivity index (χ2n) is 6.55. The third kappa shape index (κ3) is 4.35. The number of benzene rings is 3. The van der Waals surface area contributed by atoms with Crippen molar-refractivity contribution in [3.05, 3.63) is 102 Å². The van der Waals surface area contributed by atoms with E-state index in [0.717, 1.165) is 33.6 Å². The fourth-order valence-corrected chi connectivity index (χ4v) is 2.97. The van der Waals surface area contributed by atoms with Crippen molar-refractivity contribution in [1.82, 2.24) is 4.98 Å². The second kappa shape index (κ2) is 8.35. The molecule has 0 fully saturated rings. The molecule has 1 N–H and O–H groups in total. The van der Waals surface area contributed by atoms with Crippen LogP contribution in [0.1, 0.15) is 16.7 Å². The summed E-state index contributed by atoms with van der Waals surface area (Å²) in [6.45, 7) is 2.63. The molecule has 0 atom stereocenters. The summed E-state index contributed by atoms with van der Waals surface area (Å²) in [5, 5.41) is 5.46. The van der Waals surface area contributed by atoms with E-state index in [-0.39, 0.29) is 0 Å². The minimum absolute atomic E-state index is 0.558. The second-order valence-corrected chi connectivity index (χ2v) is 6.55. The van der Waals surface area contributed by atoms with Crippen LogP contribution in [0, 0.1) is 6.92 Å². The average molecular weight is 367 g/mol. The zero-order chi connectivity index (χ0) is 19.2. The fraction of sp³-hybridized carbons (Fsp3) is 0.0833. The van der Waals surface area contributed by atoms with Gasteiger partial charge in [-0.1, -0.05) is 48.5 Å². The van der Waals surface area contributed by atoms with E-state index in [2.05, 4.69) is 40.6 Å². The molecule has 0 bridgehead atoms. The first-order chi connectivity index (χ1) is 13.8. The molecular weight excluding hydrogens is 346 g/mol. The molecular formula is C24H21N3O. The predicted molar refractivity (Wildman–Crippen MR) is 115 cm³/mol. The Balaban J connectivity index is 1.37. The number of anilines is 1. The number of ether oxygens (including phenoxy) is 1. The van der Waals surface area contributed by atoms with Gasteiger partial charge in [0, 0.05) is 5.39 Å². The monoisotopic (exact) mass is 367 g/mol. The Morgan fingerprint density at radius 2 is 1.68 bits per heavy atom. The van der Waals surface area contributed by atoms with Gasteiger partial charge in [-0.15, -0.1) is 0 Å². The van der Waals surface area contributed by atoms with Gasteiger partial charge in [-0.3, -0.25) is 5.43 Å². The number of para-hydroxylation sites is 1. The largest absolute Gasteiger partial charge is 0.489 e. The van der Waals surface area contributed by atoms with Crippen LogP contribution in [-0.2, 0) is 6.61 Å². The molecule has 4 aromatic rings. The maximum atomic E-state index is 5.80. The van der Waals surface area contributed by atoms with Crippen LogP contribution in [0.3, 0.4) is 0 Å². The fourth-order valence-electron chi connectivity index (χ4n) is 2.97. The Morgan fingerprint density at radius 3 is 2.50 bits per heavy atom. The highest BCUT2D eigenvalue weighted by molar-refractivity contribution is 5.84. The number of nitrogens with one attached hydrogen (secondary N) is 1. The van der Waals surface area contributed by atoms with Crippen LogP contribution in [0.2, 0.25) is 0 Å². The molecule has 0 spiro atoms. The zero-order valence-electron chi connectivity index (χ0n) is 15.7. The molecule has 4 heteroatoms. The summed E-state index contributed by atoms with van der Waals surface area (Å²) in [4.78, 5) is 4.59. The lowest BCUT2D eigenvalue weighted by Gasteiger charge is -2.06. The van der Waals surface area contributed by atoms with Gasteiger partial charge >= 0.3 is 0 Å². The minimum Gasteiger partial charge on any atom is -0.489 e. The van der Waals surface area contributed by atoms with Gasteiger partial charge in [0.05, 0.1) is 11.7 Å². The lowest BCUT2D eigenvalue weighted by atomic mass is 10.1. The molecule has 0 unspecified atom stereocenters. The Labute approximate surface area is 164 Å². The lowest BCUT2D eigenvalue weighted by molar-refractivity contribution is 0.306. The third-order valence-electron chi connectivity index (χ3n) is 4.44. The Bertz CT molecular complexity index is 1090. The van der Waals surface area contributed by atoms with Gasteiger partial charge in [-0.05, 0) is 60.0 Å². The maximum Gasteiger partial charge on any atom is 0.147 e. The van der Waals surface area contributed by atoms with Gasteiger partial charge < -0.3 is 4.74 Å². The smallest absolute Gasteiger partial charge is 0.147 e. The number of pyridine rings is 1. The first-order valence-corrected chi connectivity index (χ1v) is 9.20. The molecule has 138 valence electrons. The summed E-state index contributed by atoms with van der Waals surface area (Å²) in [6, 6.07) is 28.1. The lowest BCUT2D eigenvalue weighted by Crippen LogP contribution is -1.96. The van der Waals surface area contributed by atoms with Crippen LogP contribution < -0.4 is 10.2 Å². The Hall–Kier alpha value is -3.66. The predicted octanol–water partition coefficient (Wildman–Crippen LogP) is 5.57. The molecule has 1 heterocycles. The van der Waals surface area contributed by atoms with E-state index < -0.39 is 0 Å². The van der Waals surface area contributed by atoms with Crippen LogP contribution >= 0.6 is 0 Å². The average Bonchev–Trinajstić information content (AvgIpc) is 2.74. The molecule has 4 nitrogen and oxygen atoms in total. The van der Waals surface area contributed by atoms with E-state index in [1.165, 1.54) is 5.56 Å². The van der Waals surface area contributed by atoms with Gasteiger partial charge in [-0.2, -0.15) is 5.10 Å². The van der Waals surface area contributed by atoms with Gasteiger partial charge in [0.15, 0.2) is 0 Å². The van der Waals surface area contributed by atoms with Crippen molar-refractivity contribution in [2.24, 2.45) is 5.10 Å². The van der Waals surface area contributed by atoms with E-state index in [4.69, 9.17) is 4.74 Å². The minimum atomic E-state index is 0.558. The van der Waals surface area contributed by atoms with Crippen molar-refractivity contribution < 1.29 is 4.74 Å². The SMILES string of the molecule is Cc1cc(N/N=C\c2ccc(OCc3ccccc3)cc2)nc2ccccc12. The van der Waals surface area contributed by atoms with Gasteiger partial charge in [0.1, 0.15) is 18.2 Å². The molecule has 0 saturated heterocycles. The Morgan fingerprint density at radius 1 is 0.929 bits per heavy atom. The molecule has 0 amide bonds. The quantitative estimate of drug-likeness (QED) is 0.358. The highest BCUT2D eigenvalue weighted by Gasteiger charge is 2.01. The van der Waals surface area contributed by atoms with E-state index in [9.17, 15) is 0 Å². The third-order valence-corrected chi connectivity index (χ3v) is 4.44. The zero-order valence-corrected chi connectivity index (χ0v) is 15.7. The molecule has 0 aliphatic rings. The molecule has 0 saturated carbocycles. The van der Waals surface area contributed by atoms with Crippen molar-refractivity contribution in [3.63, 3.8) is 0 Å². The normalized spacial score (nSPS) is 11.0. The van der Waals surface area contributed by atoms with Crippen molar-refractivity contribution >= 4 is 22.9 Å². The number of aryl methyl sites for hydroxylation is 1. The summed E-state index contributed by atoms with van der Waals surface area (Å²) in [5.41, 5.74) is 7.27. The number of aromatic nitrogens is 1. The van der Waals surface area contributed by atoms with E-state index in [0.29, 0.717) is 6.61 Å². The first kappa shape index (κ1) is 17.7. The van der Waals surface area contributed by atoms with Gasteiger partial charge in [-0.25, -0.2) is 4.98 Å². The van der Waals surface area contributed by atoms with E-state index in [1.807, 2.05) is 66.7 Å². The summed E-state index contributed by atoms with van der Waals surface area (Å²) in [7, 11) is 0. The number of rotatable bonds is 6. The molecule has 3 aromatic carbocycles. The van der Waals surface area contributed by atoms with Gasteiger partial charge in [0.2, 0.25) is 0 Å². The van der Waals surface area contributed by atoms with Crippen molar-refractivity contribution in [2.45, 2.75) is 13.5 Å². The number of hydrazone groups is 1. The molecule has 4 rings (SSSR count). The van der Waals surface area contributed by atoms with E-state index in [1.54, 1.807) is 6.21 Å². The summed E-state index contributed by atoms with van der Waals surface area (Å²) < 4.78 is 5.80. The maximum absolute atomic E-state index is 5.80. The number of hydrogen-bond acceptors (Lipinski definition) is 4. The van der Waals surface area contributed by atoms with Crippen LogP contribution in [0.5, 0.6) is 5.75 Å². The number of hydrogen-bond donors (Lipinski definition) is 1. The van der Waals surface area contributed by atoms with Crippen LogP contribution in [-0.4, -0.2) is 11.2 Å². The van der Waals surface area contributed by atoms with Crippen LogP contribution in [0.4, 0.5) is 5.82 Å². The van der Waals surface area contributed by atoms with Crippen molar-refractivity contribution in [2.75, 3.05) is 5.43 Å². The van der Waals surface area contributed by atoms with Crippen molar-refractivity contribution in [1.29, 1.82) is 0 Å².